The minimum Gasteiger partial charge on any atom is -1.00 e. The normalized spacial score (nSPS) is 10.3. The van der Waals surface area contributed by atoms with E-state index in [1.54, 1.807) is 11.3 Å². The van der Waals surface area contributed by atoms with E-state index < -0.39 is 0 Å². The summed E-state index contributed by atoms with van der Waals surface area (Å²) in [6.07, 6.45) is 3.72. The standard InChI is InChI=1S/C30H24N2O2S.ClH/c33-30(32-18-23-9-6-16-31-17-23)25-14-12-24(13-15-25)27-20-35-21-28(27)26-10-4-5-11-29(26)34-19-22-7-2-1-3-8-22;/h1-17,20-21H,18-19H2,(H,32,33);1H. The summed E-state index contributed by atoms with van der Waals surface area (Å²) in [4.78, 5) is 15.6. The number of H-pyrrole nitrogens is 1. The second kappa shape index (κ2) is 12.2. The van der Waals surface area contributed by atoms with Crippen molar-refractivity contribution < 1.29 is 26.9 Å². The third-order valence-electron chi connectivity index (χ3n) is 5.76. The van der Waals surface area contributed by atoms with Crippen LogP contribution in [-0.2, 0) is 13.2 Å². The molecule has 36 heavy (non-hydrogen) atoms. The third kappa shape index (κ3) is 6.00. The van der Waals surface area contributed by atoms with E-state index in [-0.39, 0.29) is 18.3 Å². The number of halogens is 1. The lowest BCUT2D eigenvalue weighted by Crippen LogP contribution is -3.00. The summed E-state index contributed by atoms with van der Waals surface area (Å²) in [6, 6.07) is 30.0. The third-order valence-corrected chi connectivity index (χ3v) is 6.50. The smallest absolute Gasteiger partial charge is 0.251 e. The van der Waals surface area contributed by atoms with Gasteiger partial charge in [-0.2, -0.15) is 11.3 Å². The zero-order valence-electron chi connectivity index (χ0n) is 19.5. The Bertz CT molecular complexity index is 1400. The molecule has 1 amide bonds. The first-order chi connectivity index (χ1) is 17.3. The number of aromatic nitrogens is 1. The van der Waals surface area contributed by atoms with Gasteiger partial charge in [-0.25, -0.2) is 4.98 Å². The van der Waals surface area contributed by atoms with Crippen molar-refractivity contribution in [1.82, 2.24) is 5.32 Å². The van der Waals surface area contributed by atoms with E-state index in [1.807, 2.05) is 85.2 Å². The van der Waals surface area contributed by atoms with Crippen LogP contribution in [0.2, 0.25) is 0 Å². The van der Waals surface area contributed by atoms with E-state index >= 15 is 0 Å². The van der Waals surface area contributed by atoms with Crippen LogP contribution in [0.1, 0.15) is 21.5 Å². The molecule has 5 rings (SSSR count). The largest absolute Gasteiger partial charge is 1.00 e. The van der Waals surface area contributed by atoms with E-state index in [2.05, 4.69) is 39.3 Å². The van der Waals surface area contributed by atoms with Crippen molar-refractivity contribution in [2.75, 3.05) is 0 Å². The molecule has 0 fully saturated rings. The van der Waals surface area contributed by atoms with Crippen molar-refractivity contribution in [3.63, 3.8) is 0 Å². The molecule has 0 aliphatic carbocycles. The number of aromatic amines is 1. The molecular weight excluding hydrogens is 488 g/mol. The minimum absolute atomic E-state index is 0. The fraction of sp³-hybridized carbons (Fsp3) is 0.0667. The Kier molecular flexibility index (Phi) is 8.50. The highest BCUT2D eigenvalue weighted by Gasteiger charge is 2.14. The molecule has 0 bridgehead atoms. The molecule has 0 radical (unpaired) electrons. The number of hydrogen-bond donors (Lipinski definition) is 1. The van der Waals surface area contributed by atoms with Gasteiger partial charge in [0.2, 0.25) is 0 Å². The summed E-state index contributed by atoms with van der Waals surface area (Å²) >= 11 is 1.66. The number of hydrogen-bond acceptors (Lipinski definition) is 3. The molecule has 2 aromatic heterocycles. The van der Waals surface area contributed by atoms with Gasteiger partial charge >= 0.3 is 0 Å². The molecular formula is C30H25ClN2O2S. The van der Waals surface area contributed by atoms with Crippen molar-refractivity contribution >= 4 is 17.2 Å². The van der Waals surface area contributed by atoms with E-state index in [4.69, 9.17) is 4.74 Å². The van der Waals surface area contributed by atoms with Gasteiger partial charge < -0.3 is 22.5 Å². The Balaban J connectivity index is 0.00000304. The van der Waals surface area contributed by atoms with Crippen LogP contribution in [0.15, 0.2) is 114 Å². The molecule has 0 aliphatic heterocycles. The van der Waals surface area contributed by atoms with E-state index in [0.717, 1.165) is 39.1 Å². The lowest BCUT2D eigenvalue weighted by atomic mass is 9.97. The summed E-state index contributed by atoms with van der Waals surface area (Å²) in [5, 5.41) is 7.26. The van der Waals surface area contributed by atoms with Crippen LogP contribution in [0.4, 0.5) is 0 Å². The molecule has 2 N–H and O–H groups in total. The number of carbonyl (C=O) groups excluding carboxylic acids is 1. The van der Waals surface area contributed by atoms with Gasteiger partial charge in [0.15, 0.2) is 12.4 Å². The molecule has 2 heterocycles. The molecule has 180 valence electrons. The molecule has 0 unspecified atom stereocenters. The zero-order chi connectivity index (χ0) is 23.9. The van der Waals surface area contributed by atoms with Gasteiger partial charge in [0.25, 0.3) is 5.91 Å². The van der Waals surface area contributed by atoms with Gasteiger partial charge in [0.05, 0.1) is 0 Å². The van der Waals surface area contributed by atoms with Crippen LogP contribution in [0.3, 0.4) is 0 Å². The van der Waals surface area contributed by atoms with Gasteiger partial charge in [0, 0.05) is 40.4 Å². The Morgan fingerprint density at radius 1 is 0.778 bits per heavy atom. The lowest BCUT2D eigenvalue weighted by Gasteiger charge is -2.13. The maximum Gasteiger partial charge on any atom is 0.251 e. The number of thiophene rings is 1. The van der Waals surface area contributed by atoms with Crippen LogP contribution in [0.5, 0.6) is 5.75 Å². The first kappa shape index (κ1) is 25.2. The SMILES string of the molecule is O=C(NCc1ccc[nH+]c1)c1ccc(-c2cscc2-c2ccccc2OCc2ccccc2)cc1.[Cl-]. The van der Waals surface area contributed by atoms with Crippen LogP contribution < -0.4 is 27.4 Å². The highest BCUT2D eigenvalue weighted by Crippen LogP contribution is 2.40. The molecule has 0 saturated heterocycles. The number of benzene rings is 3. The molecule has 0 aliphatic rings. The van der Waals surface area contributed by atoms with E-state index in [9.17, 15) is 4.79 Å². The quantitative estimate of drug-likeness (QED) is 0.346. The maximum atomic E-state index is 12.6. The summed E-state index contributed by atoms with van der Waals surface area (Å²) in [7, 11) is 0. The Labute approximate surface area is 221 Å². The molecule has 0 saturated carbocycles. The molecule has 5 aromatic rings. The number of nitrogens with one attached hydrogen (secondary N) is 2. The first-order valence-corrected chi connectivity index (χ1v) is 12.4. The molecule has 0 spiro atoms. The summed E-state index contributed by atoms with van der Waals surface area (Å²) in [6.45, 7) is 0.995. The molecule has 6 heteroatoms. The number of carbonyl (C=O) groups is 1. The number of ether oxygens (including phenoxy) is 1. The van der Waals surface area contributed by atoms with Crippen molar-refractivity contribution in [3.8, 4) is 28.0 Å². The number of rotatable bonds is 8. The maximum absolute atomic E-state index is 12.6. The van der Waals surface area contributed by atoms with Crippen LogP contribution in [0, 0.1) is 0 Å². The second-order valence-corrected chi connectivity index (χ2v) is 8.88. The molecule has 3 aromatic carbocycles. The second-order valence-electron chi connectivity index (χ2n) is 8.14. The number of pyridine rings is 1. The zero-order valence-corrected chi connectivity index (χ0v) is 21.1. The van der Waals surface area contributed by atoms with Gasteiger partial charge in [-0.15, -0.1) is 0 Å². The average molecular weight is 513 g/mol. The molecule has 0 atom stereocenters. The summed E-state index contributed by atoms with van der Waals surface area (Å²) < 4.78 is 6.20. The van der Waals surface area contributed by atoms with Crippen LogP contribution in [0.25, 0.3) is 22.3 Å². The van der Waals surface area contributed by atoms with E-state index in [0.29, 0.717) is 18.7 Å². The number of para-hydroxylation sites is 1. The average Bonchev–Trinajstić information content (AvgIpc) is 3.42. The van der Waals surface area contributed by atoms with Gasteiger partial charge in [-0.05, 0) is 46.2 Å². The summed E-state index contributed by atoms with van der Waals surface area (Å²) in [5.74, 6) is 0.760. The van der Waals surface area contributed by atoms with Gasteiger partial charge in [0.1, 0.15) is 12.4 Å². The Morgan fingerprint density at radius 3 is 2.28 bits per heavy atom. The Hall–Kier alpha value is -3.93. The molecule has 4 nitrogen and oxygen atoms in total. The van der Waals surface area contributed by atoms with Crippen molar-refractivity contribution in [2.45, 2.75) is 13.2 Å². The van der Waals surface area contributed by atoms with Crippen molar-refractivity contribution in [3.05, 3.63) is 131 Å². The lowest BCUT2D eigenvalue weighted by molar-refractivity contribution is -0.378. The van der Waals surface area contributed by atoms with Gasteiger partial charge in [-0.1, -0.05) is 60.7 Å². The fourth-order valence-corrected chi connectivity index (χ4v) is 4.76. The monoisotopic (exact) mass is 512 g/mol. The topological polar surface area (TPSA) is 52.5 Å². The van der Waals surface area contributed by atoms with Gasteiger partial charge in [-0.3, -0.25) is 4.79 Å². The minimum atomic E-state index is -0.0920. The summed E-state index contributed by atoms with van der Waals surface area (Å²) in [5.41, 5.74) is 7.15. The highest BCUT2D eigenvalue weighted by molar-refractivity contribution is 7.08. The van der Waals surface area contributed by atoms with E-state index in [1.165, 1.54) is 0 Å². The first-order valence-electron chi connectivity index (χ1n) is 11.4. The number of amides is 1. The highest BCUT2D eigenvalue weighted by atomic mass is 35.5. The van der Waals surface area contributed by atoms with Crippen LogP contribution in [-0.4, -0.2) is 5.91 Å². The fourth-order valence-electron chi connectivity index (χ4n) is 3.91. The van der Waals surface area contributed by atoms with Crippen molar-refractivity contribution in [2.24, 2.45) is 0 Å². The van der Waals surface area contributed by atoms with Crippen LogP contribution >= 0.6 is 11.3 Å². The predicted molar refractivity (Wildman–Crippen MR) is 140 cm³/mol. The predicted octanol–water partition coefficient (Wildman–Crippen LogP) is 3.41. The Morgan fingerprint density at radius 2 is 1.50 bits per heavy atom. The van der Waals surface area contributed by atoms with Crippen molar-refractivity contribution in [1.29, 1.82) is 0 Å².